The molecule has 1 aromatic carbocycles. The van der Waals surface area contributed by atoms with Crippen LogP contribution in [0.15, 0.2) is 24.3 Å². The summed E-state index contributed by atoms with van der Waals surface area (Å²) in [7, 11) is 0. The highest BCUT2D eigenvalue weighted by Gasteiger charge is 2.45. The number of carbonyl (C=O) groups is 3. The van der Waals surface area contributed by atoms with Crippen molar-refractivity contribution in [1.82, 2.24) is 4.90 Å². The summed E-state index contributed by atoms with van der Waals surface area (Å²) in [6.45, 7) is 0.146. The molecule has 10 heteroatoms. The Kier molecular flexibility index (Phi) is 6.83. The maximum atomic E-state index is 12.6. The first-order valence-electron chi connectivity index (χ1n) is 8.23. The molecule has 148 valence electrons. The van der Waals surface area contributed by atoms with E-state index in [4.69, 9.17) is 17.3 Å². The van der Waals surface area contributed by atoms with E-state index >= 15 is 0 Å². The fourth-order valence-electron chi connectivity index (χ4n) is 2.83. The number of hydrogen-bond acceptors (Lipinski definition) is 5. The summed E-state index contributed by atoms with van der Waals surface area (Å²) in [5.41, 5.74) is 6.67. The number of piperidine rings is 1. The second-order valence-corrected chi connectivity index (χ2v) is 6.62. The van der Waals surface area contributed by atoms with Crippen LogP contribution in [0.5, 0.6) is 0 Å². The maximum absolute atomic E-state index is 12.6. The number of carbonyl (C=O) groups excluding carboxylic acids is 3. The quantitative estimate of drug-likeness (QED) is 0.611. The summed E-state index contributed by atoms with van der Waals surface area (Å²) >= 11 is 5.79. The topological polar surface area (TPSA) is 89.7 Å². The Morgan fingerprint density at radius 3 is 2.44 bits per heavy atom. The van der Waals surface area contributed by atoms with Crippen LogP contribution in [0.3, 0.4) is 0 Å². The van der Waals surface area contributed by atoms with E-state index in [2.05, 4.69) is 4.74 Å². The molecule has 1 amide bonds. The number of benzene rings is 1. The van der Waals surface area contributed by atoms with Gasteiger partial charge < -0.3 is 15.4 Å². The Hall–Kier alpha value is -2.13. The third-order valence-electron chi connectivity index (χ3n) is 4.17. The minimum Gasteiger partial charge on any atom is -0.385 e. The second-order valence-electron chi connectivity index (χ2n) is 6.19. The van der Waals surface area contributed by atoms with Gasteiger partial charge in [-0.25, -0.2) is 9.59 Å². The summed E-state index contributed by atoms with van der Waals surface area (Å²) in [4.78, 5) is 36.6. The van der Waals surface area contributed by atoms with Gasteiger partial charge in [-0.1, -0.05) is 23.7 Å². The highest BCUT2D eigenvalue weighted by atomic mass is 35.5. The summed E-state index contributed by atoms with van der Waals surface area (Å²) in [6.07, 6.45) is -3.95. The Labute approximate surface area is 158 Å². The molecular formula is C17H18ClF3N2O4. The number of alkyl halides is 3. The molecule has 0 spiro atoms. The highest BCUT2D eigenvalue weighted by Crippen LogP contribution is 2.22. The standard InChI is InChI=1S/C17H18ClF3N2O4/c18-11-6-4-10(5-7-11)9-12(22)14(24)23-8-2-1-3-13(23)15(25)27-16(26)17(19,20)21/h4-7,12-13H,1-3,8-9,22H2/t12-,13+/m1/s1. The van der Waals surface area contributed by atoms with E-state index in [9.17, 15) is 27.6 Å². The van der Waals surface area contributed by atoms with Crippen LogP contribution in [-0.2, 0) is 25.5 Å². The molecule has 27 heavy (non-hydrogen) atoms. The molecule has 1 saturated heterocycles. The molecule has 1 aliphatic rings. The lowest BCUT2D eigenvalue weighted by Crippen LogP contribution is -2.55. The van der Waals surface area contributed by atoms with Gasteiger partial charge in [0.05, 0.1) is 6.04 Å². The number of likely N-dealkylation sites (tertiary alicyclic amines) is 1. The lowest BCUT2D eigenvalue weighted by atomic mass is 9.99. The monoisotopic (exact) mass is 406 g/mol. The number of esters is 2. The van der Waals surface area contributed by atoms with Crippen molar-refractivity contribution < 1.29 is 32.3 Å². The number of nitrogens with zero attached hydrogens (tertiary/aromatic N) is 1. The van der Waals surface area contributed by atoms with Crippen molar-refractivity contribution in [1.29, 1.82) is 0 Å². The Bertz CT molecular complexity index is 709. The number of rotatable bonds is 4. The lowest BCUT2D eigenvalue weighted by molar-refractivity contribution is -0.204. The molecule has 0 aromatic heterocycles. The van der Waals surface area contributed by atoms with Gasteiger partial charge in [0.15, 0.2) is 0 Å². The predicted molar refractivity (Wildman–Crippen MR) is 89.6 cm³/mol. The average Bonchev–Trinajstić information content (AvgIpc) is 2.62. The molecule has 2 rings (SSSR count). The van der Waals surface area contributed by atoms with E-state index in [-0.39, 0.29) is 19.4 Å². The number of hydrogen-bond donors (Lipinski definition) is 1. The summed E-state index contributed by atoms with van der Waals surface area (Å²) in [5, 5.41) is 0.520. The van der Waals surface area contributed by atoms with Crippen LogP contribution in [0.4, 0.5) is 13.2 Å². The molecule has 0 saturated carbocycles. The van der Waals surface area contributed by atoms with Crippen LogP contribution in [0, 0.1) is 0 Å². The van der Waals surface area contributed by atoms with E-state index in [1.54, 1.807) is 24.3 Å². The summed E-state index contributed by atoms with van der Waals surface area (Å²) in [6, 6.07) is 4.39. The zero-order valence-corrected chi connectivity index (χ0v) is 14.9. The zero-order chi connectivity index (χ0) is 20.2. The fraction of sp³-hybridized carbons (Fsp3) is 0.471. The van der Waals surface area contributed by atoms with Crippen molar-refractivity contribution in [2.24, 2.45) is 5.73 Å². The van der Waals surface area contributed by atoms with E-state index in [0.717, 1.165) is 10.5 Å². The van der Waals surface area contributed by atoms with Gasteiger partial charge in [0.2, 0.25) is 5.91 Å². The van der Waals surface area contributed by atoms with E-state index in [1.165, 1.54) is 0 Å². The van der Waals surface area contributed by atoms with Crippen LogP contribution in [-0.4, -0.2) is 47.6 Å². The molecule has 0 aliphatic carbocycles. The van der Waals surface area contributed by atoms with Gasteiger partial charge in [0.1, 0.15) is 6.04 Å². The number of nitrogens with two attached hydrogens (primary N) is 1. The predicted octanol–water partition coefficient (Wildman–Crippen LogP) is 2.22. The van der Waals surface area contributed by atoms with Crippen molar-refractivity contribution in [3.63, 3.8) is 0 Å². The van der Waals surface area contributed by atoms with E-state index < -0.39 is 36.1 Å². The first kappa shape index (κ1) is 21.2. The minimum atomic E-state index is -5.29. The fourth-order valence-corrected chi connectivity index (χ4v) is 2.96. The summed E-state index contributed by atoms with van der Waals surface area (Å²) < 4.78 is 40.8. The van der Waals surface area contributed by atoms with Crippen molar-refractivity contribution >= 4 is 29.4 Å². The molecule has 0 radical (unpaired) electrons. The first-order valence-corrected chi connectivity index (χ1v) is 8.60. The van der Waals surface area contributed by atoms with Crippen LogP contribution in [0.2, 0.25) is 5.02 Å². The Balaban J connectivity index is 2.06. The molecule has 1 fully saturated rings. The number of halogens is 4. The molecule has 0 bridgehead atoms. The normalized spacial score (nSPS) is 18.7. The van der Waals surface area contributed by atoms with Crippen molar-refractivity contribution in [2.45, 2.75) is 43.9 Å². The van der Waals surface area contributed by atoms with Gasteiger partial charge in [-0.05, 0) is 43.4 Å². The first-order chi connectivity index (χ1) is 12.6. The average molecular weight is 407 g/mol. The number of amides is 1. The van der Waals surface area contributed by atoms with Gasteiger partial charge >= 0.3 is 18.1 Å². The molecule has 2 atom stereocenters. The van der Waals surface area contributed by atoms with Gasteiger partial charge in [-0.3, -0.25) is 4.79 Å². The third kappa shape index (κ3) is 5.67. The molecule has 0 unspecified atom stereocenters. The van der Waals surface area contributed by atoms with Crippen molar-refractivity contribution in [2.75, 3.05) is 6.54 Å². The largest absolute Gasteiger partial charge is 0.491 e. The molecule has 1 heterocycles. The minimum absolute atomic E-state index is 0.101. The van der Waals surface area contributed by atoms with Crippen LogP contribution in [0.25, 0.3) is 0 Å². The maximum Gasteiger partial charge on any atom is 0.491 e. The SMILES string of the molecule is N[C@H](Cc1ccc(Cl)cc1)C(=O)N1CCCC[C@H]1C(=O)OC(=O)C(F)(F)F. The number of ether oxygens (including phenoxy) is 1. The van der Waals surface area contributed by atoms with Crippen molar-refractivity contribution in [3.05, 3.63) is 34.9 Å². The van der Waals surface area contributed by atoms with Crippen LogP contribution < -0.4 is 5.73 Å². The van der Waals surface area contributed by atoms with Crippen molar-refractivity contribution in [3.8, 4) is 0 Å². The van der Waals surface area contributed by atoms with Crippen LogP contribution >= 0.6 is 11.6 Å². The van der Waals surface area contributed by atoms with Crippen LogP contribution in [0.1, 0.15) is 24.8 Å². The summed E-state index contributed by atoms with van der Waals surface area (Å²) in [5.74, 6) is -4.59. The molecule has 1 aromatic rings. The van der Waals surface area contributed by atoms with E-state index in [0.29, 0.717) is 17.9 Å². The van der Waals surface area contributed by atoms with Gasteiger partial charge in [0.25, 0.3) is 0 Å². The van der Waals surface area contributed by atoms with E-state index in [1.807, 2.05) is 0 Å². The van der Waals surface area contributed by atoms with Gasteiger partial charge in [-0.15, -0.1) is 0 Å². The zero-order valence-electron chi connectivity index (χ0n) is 14.2. The molecule has 1 aliphatic heterocycles. The third-order valence-corrected chi connectivity index (χ3v) is 4.42. The Morgan fingerprint density at radius 2 is 1.85 bits per heavy atom. The molecule has 2 N–H and O–H groups in total. The molecule has 6 nitrogen and oxygen atoms in total. The van der Waals surface area contributed by atoms with Gasteiger partial charge in [-0.2, -0.15) is 13.2 Å². The molecular weight excluding hydrogens is 389 g/mol. The highest BCUT2D eigenvalue weighted by molar-refractivity contribution is 6.30. The Morgan fingerprint density at radius 1 is 1.22 bits per heavy atom. The van der Waals surface area contributed by atoms with Gasteiger partial charge in [0, 0.05) is 11.6 Å². The second kappa shape index (κ2) is 8.71. The smallest absolute Gasteiger partial charge is 0.385 e. The lowest BCUT2D eigenvalue weighted by Gasteiger charge is -2.35.